The highest BCUT2D eigenvalue weighted by Crippen LogP contribution is 2.35. The van der Waals surface area contributed by atoms with Gasteiger partial charge in [0, 0.05) is 0 Å². The maximum atomic E-state index is 12.1. The normalized spacial score (nSPS) is 9.82. The van der Waals surface area contributed by atoms with E-state index in [9.17, 15) is 18.7 Å². The van der Waals surface area contributed by atoms with E-state index in [0.717, 1.165) is 19.2 Å². The Hall–Kier alpha value is -2.36. The SMILES string of the molecule is COC(=O)c1ccc(C#N)c(O)c1OC(F)F. The number of methoxy groups -OCH3 is 1. The molecule has 1 aromatic carbocycles. The maximum Gasteiger partial charge on any atom is 0.387 e. The smallest absolute Gasteiger partial charge is 0.387 e. The first-order valence-electron chi connectivity index (χ1n) is 4.30. The van der Waals surface area contributed by atoms with Gasteiger partial charge in [-0.2, -0.15) is 14.0 Å². The van der Waals surface area contributed by atoms with Gasteiger partial charge < -0.3 is 14.6 Å². The van der Waals surface area contributed by atoms with Crippen LogP contribution in [0.5, 0.6) is 11.5 Å². The highest BCUT2D eigenvalue weighted by atomic mass is 19.3. The van der Waals surface area contributed by atoms with Crippen LogP contribution in [0.25, 0.3) is 0 Å². The molecule has 0 heterocycles. The molecule has 0 fully saturated rings. The second-order valence-corrected chi connectivity index (χ2v) is 2.82. The first kappa shape index (κ1) is 12.7. The summed E-state index contributed by atoms with van der Waals surface area (Å²) >= 11 is 0. The van der Waals surface area contributed by atoms with Gasteiger partial charge in [0.2, 0.25) is 0 Å². The standard InChI is InChI=1S/C10H7F2NO4/c1-16-9(15)6-3-2-5(4-13)7(14)8(6)17-10(11)12/h2-3,10,14H,1H3. The number of carbonyl (C=O) groups is 1. The number of nitriles is 1. The lowest BCUT2D eigenvalue weighted by Gasteiger charge is -2.11. The summed E-state index contributed by atoms with van der Waals surface area (Å²) in [6.45, 7) is -3.24. The van der Waals surface area contributed by atoms with Crippen LogP contribution in [0.3, 0.4) is 0 Å². The molecule has 1 N–H and O–H groups in total. The number of halogens is 2. The Morgan fingerprint density at radius 2 is 2.18 bits per heavy atom. The molecular formula is C10H7F2NO4. The Bertz CT molecular complexity index is 482. The number of rotatable bonds is 3. The van der Waals surface area contributed by atoms with Gasteiger partial charge in [-0.1, -0.05) is 0 Å². The second kappa shape index (κ2) is 5.12. The number of aromatic hydroxyl groups is 1. The van der Waals surface area contributed by atoms with Crippen LogP contribution in [0, 0.1) is 11.3 Å². The van der Waals surface area contributed by atoms with Crippen molar-refractivity contribution in [3.8, 4) is 17.6 Å². The van der Waals surface area contributed by atoms with Crippen molar-refractivity contribution in [2.24, 2.45) is 0 Å². The third kappa shape index (κ3) is 2.60. The van der Waals surface area contributed by atoms with Crippen molar-refractivity contribution >= 4 is 5.97 Å². The molecule has 0 radical (unpaired) electrons. The average molecular weight is 243 g/mol. The molecule has 90 valence electrons. The van der Waals surface area contributed by atoms with Crippen LogP contribution in [-0.4, -0.2) is 24.8 Å². The quantitative estimate of drug-likeness (QED) is 0.816. The summed E-state index contributed by atoms with van der Waals surface area (Å²) in [5, 5.41) is 18.1. The molecule has 5 nitrogen and oxygen atoms in total. The van der Waals surface area contributed by atoms with E-state index in [4.69, 9.17) is 5.26 Å². The van der Waals surface area contributed by atoms with Crippen molar-refractivity contribution < 1.29 is 28.2 Å². The fraction of sp³-hybridized carbons (Fsp3) is 0.200. The molecule has 1 aromatic rings. The average Bonchev–Trinajstić information content (AvgIpc) is 2.30. The molecular weight excluding hydrogens is 236 g/mol. The molecule has 0 unspecified atom stereocenters. The summed E-state index contributed by atoms with van der Waals surface area (Å²) in [7, 11) is 1.05. The van der Waals surface area contributed by atoms with Crippen LogP contribution in [0.2, 0.25) is 0 Å². The number of phenolic OH excluding ortho intramolecular Hbond substituents is 1. The number of nitrogens with zero attached hydrogens (tertiary/aromatic N) is 1. The van der Waals surface area contributed by atoms with E-state index in [-0.39, 0.29) is 11.1 Å². The molecule has 0 atom stereocenters. The zero-order valence-corrected chi connectivity index (χ0v) is 8.61. The van der Waals surface area contributed by atoms with Gasteiger partial charge in [0.1, 0.15) is 11.6 Å². The van der Waals surface area contributed by atoms with E-state index in [1.807, 2.05) is 0 Å². The largest absolute Gasteiger partial charge is 0.503 e. The first-order chi connectivity index (χ1) is 8.01. The number of hydrogen-bond donors (Lipinski definition) is 1. The summed E-state index contributed by atoms with van der Waals surface area (Å²) < 4.78 is 32.6. The molecule has 17 heavy (non-hydrogen) atoms. The summed E-state index contributed by atoms with van der Waals surface area (Å²) in [5.74, 6) is -2.55. The van der Waals surface area contributed by atoms with Crippen molar-refractivity contribution in [2.45, 2.75) is 6.61 Å². The number of alkyl halides is 2. The minimum atomic E-state index is -3.24. The van der Waals surface area contributed by atoms with Crippen LogP contribution < -0.4 is 4.74 Å². The number of phenols is 1. The predicted molar refractivity (Wildman–Crippen MR) is 50.8 cm³/mol. The van der Waals surface area contributed by atoms with E-state index in [1.54, 1.807) is 6.07 Å². The van der Waals surface area contributed by atoms with Crippen LogP contribution in [0.15, 0.2) is 12.1 Å². The number of benzene rings is 1. The molecule has 0 saturated carbocycles. The highest BCUT2D eigenvalue weighted by Gasteiger charge is 2.22. The minimum absolute atomic E-state index is 0.284. The van der Waals surface area contributed by atoms with Gasteiger partial charge in [0.15, 0.2) is 11.5 Å². The molecule has 1 rings (SSSR count). The lowest BCUT2D eigenvalue weighted by molar-refractivity contribution is -0.0518. The van der Waals surface area contributed by atoms with Gasteiger partial charge in [-0.25, -0.2) is 4.79 Å². The Balaban J connectivity index is 3.36. The van der Waals surface area contributed by atoms with Crippen molar-refractivity contribution in [3.05, 3.63) is 23.3 Å². The molecule has 0 aliphatic rings. The third-order valence-corrected chi connectivity index (χ3v) is 1.86. The van der Waals surface area contributed by atoms with Crippen molar-refractivity contribution in [2.75, 3.05) is 7.11 Å². The minimum Gasteiger partial charge on any atom is -0.503 e. The molecule has 0 aliphatic carbocycles. The number of hydrogen-bond acceptors (Lipinski definition) is 5. The molecule has 0 aliphatic heterocycles. The van der Waals surface area contributed by atoms with Crippen LogP contribution in [0.4, 0.5) is 8.78 Å². The maximum absolute atomic E-state index is 12.1. The van der Waals surface area contributed by atoms with E-state index >= 15 is 0 Å². The van der Waals surface area contributed by atoms with E-state index in [0.29, 0.717) is 0 Å². The van der Waals surface area contributed by atoms with Gasteiger partial charge in [0.05, 0.1) is 12.7 Å². The van der Waals surface area contributed by atoms with E-state index in [1.165, 1.54) is 0 Å². The zero-order valence-electron chi connectivity index (χ0n) is 8.61. The first-order valence-corrected chi connectivity index (χ1v) is 4.30. The van der Waals surface area contributed by atoms with E-state index < -0.39 is 24.1 Å². The van der Waals surface area contributed by atoms with Crippen LogP contribution in [-0.2, 0) is 4.74 Å². The summed E-state index contributed by atoms with van der Waals surface area (Å²) in [6.07, 6.45) is 0. The molecule has 0 saturated heterocycles. The van der Waals surface area contributed by atoms with Gasteiger partial charge in [-0.15, -0.1) is 0 Å². The van der Waals surface area contributed by atoms with Crippen LogP contribution in [0.1, 0.15) is 15.9 Å². The summed E-state index contributed by atoms with van der Waals surface area (Å²) in [6, 6.07) is 3.72. The predicted octanol–water partition coefficient (Wildman–Crippen LogP) is 1.65. The monoisotopic (exact) mass is 243 g/mol. The fourth-order valence-corrected chi connectivity index (χ4v) is 1.14. The lowest BCUT2D eigenvalue weighted by Crippen LogP contribution is -2.09. The van der Waals surface area contributed by atoms with Crippen molar-refractivity contribution in [1.82, 2.24) is 0 Å². The number of esters is 1. The number of carbonyl (C=O) groups excluding carboxylic acids is 1. The summed E-state index contributed by atoms with van der Waals surface area (Å²) in [4.78, 5) is 11.2. The lowest BCUT2D eigenvalue weighted by atomic mass is 10.1. The second-order valence-electron chi connectivity index (χ2n) is 2.82. The third-order valence-electron chi connectivity index (χ3n) is 1.86. The van der Waals surface area contributed by atoms with Crippen molar-refractivity contribution in [3.63, 3.8) is 0 Å². The molecule has 0 aromatic heterocycles. The van der Waals surface area contributed by atoms with Gasteiger partial charge in [-0.3, -0.25) is 0 Å². The Morgan fingerprint density at radius 3 is 2.65 bits per heavy atom. The Labute approximate surface area is 94.8 Å². The van der Waals surface area contributed by atoms with Gasteiger partial charge in [0.25, 0.3) is 0 Å². The Morgan fingerprint density at radius 1 is 1.53 bits per heavy atom. The zero-order chi connectivity index (χ0) is 13.0. The molecule has 0 bridgehead atoms. The Kier molecular flexibility index (Phi) is 3.82. The van der Waals surface area contributed by atoms with Crippen LogP contribution >= 0.6 is 0 Å². The topological polar surface area (TPSA) is 79.6 Å². The summed E-state index contributed by atoms with van der Waals surface area (Å²) in [5.41, 5.74) is -0.669. The van der Waals surface area contributed by atoms with Gasteiger partial charge >= 0.3 is 12.6 Å². The number of ether oxygens (including phenoxy) is 2. The van der Waals surface area contributed by atoms with Gasteiger partial charge in [-0.05, 0) is 12.1 Å². The highest BCUT2D eigenvalue weighted by molar-refractivity contribution is 5.94. The molecule has 0 spiro atoms. The van der Waals surface area contributed by atoms with E-state index in [2.05, 4.69) is 9.47 Å². The van der Waals surface area contributed by atoms with Crippen molar-refractivity contribution in [1.29, 1.82) is 5.26 Å². The fourth-order valence-electron chi connectivity index (χ4n) is 1.14. The molecule has 7 heteroatoms. The molecule has 0 amide bonds.